The van der Waals surface area contributed by atoms with E-state index in [2.05, 4.69) is 97.1 Å². The lowest BCUT2D eigenvalue weighted by molar-refractivity contribution is 1.77. The number of fused-ring (bicyclic) bond motifs is 1. The van der Waals surface area contributed by atoms with E-state index in [4.69, 9.17) is 0 Å². The normalized spacial score (nSPS) is 11.8. The highest BCUT2D eigenvalue weighted by Gasteiger charge is 2.07. The molecule has 0 amide bonds. The van der Waals surface area contributed by atoms with Crippen molar-refractivity contribution in [2.24, 2.45) is 0 Å². The smallest absolute Gasteiger partial charge is 0.0143 e. The number of hydrogen-bond donors (Lipinski definition) is 0. The van der Waals surface area contributed by atoms with Crippen molar-refractivity contribution in [2.45, 2.75) is 0 Å². The van der Waals surface area contributed by atoms with E-state index in [1.165, 1.54) is 32.0 Å². The van der Waals surface area contributed by atoms with Gasteiger partial charge in [0.05, 0.1) is 0 Å². The van der Waals surface area contributed by atoms with Gasteiger partial charge in [0.15, 0.2) is 0 Å². The second-order valence-electron chi connectivity index (χ2n) is 5.73. The van der Waals surface area contributed by atoms with E-state index in [1.54, 1.807) is 0 Å². The van der Waals surface area contributed by atoms with Crippen LogP contribution in [0.25, 0.3) is 10.8 Å². The standard InChI is InChI=1S/C22H18P2/c1-3-11-19(12-4-1)23-21-15-17-9-7-8-10-18(17)16-22(21)24-20-13-5-2-6-14-20/h1-16,23-24H. The van der Waals surface area contributed by atoms with Crippen LogP contribution in [0.15, 0.2) is 97.1 Å². The third-order valence-electron chi connectivity index (χ3n) is 3.99. The van der Waals surface area contributed by atoms with E-state index in [0.29, 0.717) is 17.2 Å². The average Bonchev–Trinajstić information content (AvgIpc) is 2.64. The number of hydrogen-bond acceptors (Lipinski definition) is 0. The first-order chi connectivity index (χ1) is 11.9. The Bertz CT molecular complexity index is 867. The average molecular weight is 344 g/mol. The second kappa shape index (κ2) is 7.27. The summed E-state index contributed by atoms with van der Waals surface area (Å²) in [6.07, 6.45) is 0. The SMILES string of the molecule is c1ccc(Pc2cc3ccccc3cc2Pc2ccccc2)cc1. The quantitative estimate of drug-likeness (QED) is 0.489. The van der Waals surface area contributed by atoms with E-state index < -0.39 is 0 Å². The van der Waals surface area contributed by atoms with Crippen LogP contribution >= 0.6 is 17.2 Å². The van der Waals surface area contributed by atoms with E-state index in [0.717, 1.165) is 0 Å². The summed E-state index contributed by atoms with van der Waals surface area (Å²) >= 11 is 0. The van der Waals surface area contributed by atoms with Gasteiger partial charge in [-0.15, -0.1) is 0 Å². The second-order valence-corrected chi connectivity index (χ2v) is 8.46. The molecule has 4 aromatic carbocycles. The maximum absolute atomic E-state index is 2.38. The van der Waals surface area contributed by atoms with Gasteiger partial charge < -0.3 is 0 Å². The van der Waals surface area contributed by atoms with Crippen molar-refractivity contribution in [2.75, 3.05) is 0 Å². The fourth-order valence-electron chi connectivity index (χ4n) is 2.80. The molecule has 0 aliphatic rings. The van der Waals surface area contributed by atoms with Crippen molar-refractivity contribution in [1.82, 2.24) is 0 Å². The van der Waals surface area contributed by atoms with Gasteiger partial charge in [0.2, 0.25) is 0 Å². The van der Waals surface area contributed by atoms with Gasteiger partial charge in [-0.05, 0) is 44.1 Å². The highest BCUT2D eigenvalue weighted by molar-refractivity contribution is 7.62. The monoisotopic (exact) mass is 344 g/mol. The van der Waals surface area contributed by atoms with Crippen LogP contribution in [-0.4, -0.2) is 0 Å². The molecule has 24 heavy (non-hydrogen) atoms. The van der Waals surface area contributed by atoms with E-state index in [9.17, 15) is 0 Å². The zero-order valence-corrected chi connectivity index (χ0v) is 15.2. The molecule has 116 valence electrons. The zero-order valence-electron chi connectivity index (χ0n) is 13.2. The number of benzene rings is 4. The van der Waals surface area contributed by atoms with Gasteiger partial charge in [-0.25, -0.2) is 0 Å². The molecule has 2 atom stereocenters. The zero-order chi connectivity index (χ0) is 16.2. The molecular weight excluding hydrogens is 326 g/mol. The topological polar surface area (TPSA) is 0 Å². The third-order valence-corrected chi connectivity index (χ3v) is 6.85. The van der Waals surface area contributed by atoms with E-state index in [1.807, 2.05) is 0 Å². The molecular formula is C22H18P2. The molecule has 0 fully saturated rings. The maximum Gasteiger partial charge on any atom is -0.0143 e. The van der Waals surface area contributed by atoms with Gasteiger partial charge in [0.25, 0.3) is 0 Å². The predicted octanol–water partition coefficient (Wildman–Crippen LogP) is 4.10. The van der Waals surface area contributed by atoms with Crippen molar-refractivity contribution in [3.8, 4) is 0 Å². The molecule has 0 aromatic heterocycles. The summed E-state index contributed by atoms with van der Waals surface area (Å²) in [5.74, 6) is 0. The van der Waals surface area contributed by atoms with Crippen LogP contribution in [0.4, 0.5) is 0 Å². The van der Waals surface area contributed by atoms with Crippen LogP contribution in [0.3, 0.4) is 0 Å². The molecule has 0 saturated carbocycles. The molecule has 0 N–H and O–H groups in total. The highest BCUT2D eigenvalue weighted by Crippen LogP contribution is 2.21. The van der Waals surface area contributed by atoms with Gasteiger partial charge >= 0.3 is 0 Å². The first-order valence-corrected chi connectivity index (χ1v) is 10.1. The molecule has 0 spiro atoms. The predicted molar refractivity (Wildman–Crippen MR) is 112 cm³/mol. The largest absolute Gasteiger partial charge is 0.0622 e. The summed E-state index contributed by atoms with van der Waals surface area (Å²) in [6, 6.07) is 35.0. The molecule has 0 bridgehead atoms. The molecule has 0 saturated heterocycles. The van der Waals surface area contributed by atoms with Gasteiger partial charge in [-0.1, -0.05) is 102 Å². The molecule has 0 aliphatic carbocycles. The number of rotatable bonds is 4. The van der Waals surface area contributed by atoms with Crippen molar-refractivity contribution in [3.05, 3.63) is 97.1 Å². The minimum absolute atomic E-state index is 0.698. The summed E-state index contributed by atoms with van der Waals surface area (Å²) in [5.41, 5.74) is 0. The first kappa shape index (κ1) is 15.5. The van der Waals surface area contributed by atoms with Crippen molar-refractivity contribution in [1.29, 1.82) is 0 Å². The summed E-state index contributed by atoms with van der Waals surface area (Å²) in [6.45, 7) is 0. The third kappa shape index (κ3) is 3.57. The van der Waals surface area contributed by atoms with Gasteiger partial charge in [0.1, 0.15) is 0 Å². The summed E-state index contributed by atoms with van der Waals surface area (Å²) < 4.78 is 0. The lowest BCUT2D eigenvalue weighted by Gasteiger charge is -2.12. The summed E-state index contributed by atoms with van der Waals surface area (Å²) in [4.78, 5) is 0. The van der Waals surface area contributed by atoms with E-state index in [-0.39, 0.29) is 0 Å². The van der Waals surface area contributed by atoms with Crippen LogP contribution in [-0.2, 0) is 0 Å². The summed E-state index contributed by atoms with van der Waals surface area (Å²) in [5, 5.41) is 8.37. The van der Waals surface area contributed by atoms with Crippen LogP contribution < -0.4 is 21.2 Å². The van der Waals surface area contributed by atoms with Gasteiger partial charge in [-0.3, -0.25) is 0 Å². The van der Waals surface area contributed by atoms with Gasteiger partial charge in [-0.2, -0.15) is 0 Å². The van der Waals surface area contributed by atoms with Crippen LogP contribution in [0.5, 0.6) is 0 Å². The highest BCUT2D eigenvalue weighted by atomic mass is 31.1. The molecule has 0 heterocycles. The van der Waals surface area contributed by atoms with Crippen LogP contribution in [0.1, 0.15) is 0 Å². The van der Waals surface area contributed by atoms with Crippen molar-refractivity contribution in [3.63, 3.8) is 0 Å². The maximum atomic E-state index is 2.38. The Kier molecular flexibility index (Phi) is 4.70. The molecule has 2 heteroatoms. The Morgan fingerprint density at radius 2 is 0.792 bits per heavy atom. The molecule has 2 unspecified atom stereocenters. The lowest BCUT2D eigenvalue weighted by atomic mass is 10.1. The van der Waals surface area contributed by atoms with Gasteiger partial charge in [0, 0.05) is 0 Å². The van der Waals surface area contributed by atoms with E-state index >= 15 is 0 Å². The minimum atomic E-state index is 0.698. The Balaban J connectivity index is 1.78. The first-order valence-electron chi connectivity index (χ1n) is 8.05. The van der Waals surface area contributed by atoms with Crippen molar-refractivity contribution < 1.29 is 0 Å². The fraction of sp³-hybridized carbons (Fsp3) is 0. The Morgan fingerprint density at radius 1 is 0.417 bits per heavy atom. The minimum Gasteiger partial charge on any atom is -0.0622 e. The van der Waals surface area contributed by atoms with Crippen LogP contribution in [0, 0.1) is 0 Å². The Morgan fingerprint density at radius 3 is 1.21 bits per heavy atom. The molecule has 4 rings (SSSR count). The lowest BCUT2D eigenvalue weighted by Crippen LogP contribution is -2.20. The fourth-order valence-corrected chi connectivity index (χ4v) is 5.39. The van der Waals surface area contributed by atoms with Crippen LogP contribution in [0.2, 0.25) is 0 Å². The molecule has 4 aromatic rings. The molecule has 0 aliphatic heterocycles. The molecule has 0 radical (unpaired) electrons. The Labute approximate surface area is 146 Å². The molecule has 0 nitrogen and oxygen atoms in total. The Hall–Kier alpha value is -2.00. The van der Waals surface area contributed by atoms with Crippen molar-refractivity contribution >= 4 is 49.2 Å². The summed E-state index contributed by atoms with van der Waals surface area (Å²) in [7, 11) is 1.40.